The molecule has 0 bridgehead atoms. The lowest BCUT2D eigenvalue weighted by atomic mass is 10.1. The lowest BCUT2D eigenvalue weighted by Gasteiger charge is -2.13. The first-order valence-electron chi connectivity index (χ1n) is 6.84. The van der Waals surface area contributed by atoms with Crippen molar-refractivity contribution in [1.82, 2.24) is 10.1 Å². The number of carbonyl (C=O) groups excluding carboxylic acids is 3. The Labute approximate surface area is 130 Å². The van der Waals surface area contributed by atoms with Crippen molar-refractivity contribution < 1.29 is 23.6 Å². The Hall–Kier alpha value is -3.16. The number of aryl methyl sites for hydroxylation is 1. The van der Waals surface area contributed by atoms with Gasteiger partial charge in [0, 0.05) is 0 Å². The highest BCUT2D eigenvalue weighted by molar-refractivity contribution is 6.21. The van der Waals surface area contributed by atoms with E-state index in [0.29, 0.717) is 16.8 Å². The molecule has 118 valence electrons. The van der Waals surface area contributed by atoms with E-state index in [1.807, 2.05) is 0 Å². The molecule has 0 fully saturated rings. The predicted octanol–water partition coefficient (Wildman–Crippen LogP) is 1.02. The van der Waals surface area contributed by atoms with Gasteiger partial charge < -0.3 is 15.0 Å². The Kier molecular flexibility index (Phi) is 3.57. The second-order valence-electron chi connectivity index (χ2n) is 4.95. The van der Waals surface area contributed by atoms with E-state index in [2.05, 4.69) is 9.68 Å². The number of nitrogens with zero attached hydrogens (tertiary/aromatic N) is 2. The Morgan fingerprint density at radius 3 is 2.39 bits per heavy atom. The van der Waals surface area contributed by atoms with Gasteiger partial charge in [0.25, 0.3) is 11.8 Å². The third-order valence-corrected chi connectivity index (χ3v) is 3.52. The number of ether oxygens (including phenoxy) is 1. The van der Waals surface area contributed by atoms with Crippen molar-refractivity contribution in [3.8, 4) is 0 Å². The number of rotatable bonds is 4. The number of nitrogens with two attached hydrogens (primary N) is 1. The van der Waals surface area contributed by atoms with E-state index in [-0.39, 0.29) is 24.6 Å². The largest absolute Gasteiger partial charge is 0.460 e. The molecule has 8 nitrogen and oxygen atoms in total. The molecule has 1 aliphatic rings. The van der Waals surface area contributed by atoms with Gasteiger partial charge in [-0.3, -0.25) is 14.5 Å². The van der Waals surface area contributed by atoms with Crippen molar-refractivity contribution in [3.63, 3.8) is 0 Å². The summed E-state index contributed by atoms with van der Waals surface area (Å²) in [5.74, 6) is -1.64. The molecular formula is C15H13N3O5. The number of carbonyl (C=O) groups is 3. The molecule has 0 atom stereocenters. The highest BCUT2D eigenvalue weighted by atomic mass is 16.5. The molecule has 0 aliphatic carbocycles. The number of nitrogen functional groups attached to an aromatic ring is 1. The van der Waals surface area contributed by atoms with Crippen LogP contribution in [-0.4, -0.2) is 41.0 Å². The average Bonchev–Trinajstić information content (AvgIpc) is 2.99. The van der Waals surface area contributed by atoms with Crippen LogP contribution in [0, 0.1) is 6.92 Å². The standard InChI is InChI=1S/C15H13N3O5/c1-8-11(12(16)23-17-8)15(21)22-7-6-18-13(19)9-4-2-3-5-10(9)14(18)20/h2-5H,6-7,16H2,1H3. The number of anilines is 1. The van der Waals surface area contributed by atoms with Crippen molar-refractivity contribution in [1.29, 1.82) is 0 Å². The monoisotopic (exact) mass is 315 g/mol. The molecule has 0 unspecified atom stereocenters. The third-order valence-electron chi connectivity index (χ3n) is 3.52. The zero-order valence-corrected chi connectivity index (χ0v) is 12.2. The van der Waals surface area contributed by atoms with Crippen LogP contribution in [0.5, 0.6) is 0 Å². The zero-order valence-electron chi connectivity index (χ0n) is 12.2. The normalized spacial score (nSPS) is 13.3. The topological polar surface area (TPSA) is 116 Å². The molecule has 2 N–H and O–H groups in total. The summed E-state index contributed by atoms with van der Waals surface area (Å²) in [5, 5.41) is 3.55. The van der Waals surface area contributed by atoms with Gasteiger partial charge in [-0.15, -0.1) is 0 Å². The lowest BCUT2D eigenvalue weighted by molar-refractivity contribution is 0.0420. The van der Waals surface area contributed by atoms with Crippen LogP contribution >= 0.6 is 0 Å². The van der Waals surface area contributed by atoms with Crippen LogP contribution in [0.2, 0.25) is 0 Å². The van der Waals surface area contributed by atoms with E-state index in [1.165, 1.54) is 0 Å². The van der Waals surface area contributed by atoms with Gasteiger partial charge in [0.15, 0.2) is 0 Å². The summed E-state index contributed by atoms with van der Waals surface area (Å²) in [4.78, 5) is 37.2. The number of hydrogen-bond donors (Lipinski definition) is 1. The summed E-state index contributed by atoms with van der Waals surface area (Å²) in [6.07, 6.45) is 0. The molecular weight excluding hydrogens is 302 g/mol. The molecule has 0 saturated heterocycles. The van der Waals surface area contributed by atoms with Gasteiger partial charge >= 0.3 is 5.97 Å². The minimum Gasteiger partial charge on any atom is -0.460 e. The number of fused-ring (bicyclic) bond motifs is 1. The van der Waals surface area contributed by atoms with E-state index in [0.717, 1.165) is 4.90 Å². The average molecular weight is 315 g/mol. The maximum Gasteiger partial charge on any atom is 0.345 e. The van der Waals surface area contributed by atoms with Crippen LogP contribution in [0.1, 0.15) is 36.8 Å². The molecule has 0 radical (unpaired) electrons. The van der Waals surface area contributed by atoms with Gasteiger partial charge in [-0.2, -0.15) is 0 Å². The summed E-state index contributed by atoms with van der Waals surface area (Å²) in [7, 11) is 0. The van der Waals surface area contributed by atoms with Crippen LogP contribution in [0.25, 0.3) is 0 Å². The molecule has 0 saturated carbocycles. The van der Waals surface area contributed by atoms with Crippen molar-refractivity contribution in [2.45, 2.75) is 6.92 Å². The fourth-order valence-corrected chi connectivity index (χ4v) is 2.38. The van der Waals surface area contributed by atoms with Crippen molar-refractivity contribution in [3.05, 3.63) is 46.6 Å². The second-order valence-corrected chi connectivity index (χ2v) is 4.95. The van der Waals surface area contributed by atoms with Crippen molar-refractivity contribution in [2.75, 3.05) is 18.9 Å². The van der Waals surface area contributed by atoms with Gasteiger partial charge in [-0.25, -0.2) is 4.79 Å². The summed E-state index contributed by atoms with van der Waals surface area (Å²) < 4.78 is 9.72. The molecule has 2 heterocycles. The first-order chi connectivity index (χ1) is 11.0. The second kappa shape index (κ2) is 5.56. The maximum atomic E-state index is 12.1. The van der Waals surface area contributed by atoms with Crippen LogP contribution < -0.4 is 5.73 Å². The third kappa shape index (κ3) is 2.44. The number of esters is 1. The summed E-state index contributed by atoms with van der Waals surface area (Å²) in [5.41, 5.74) is 6.55. The molecule has 3 rings (SSSR count). The van der Waals surface area contributed by atoms with E-state index in [4.69, 9.17) is 10.5 Å². The summed E-state index contributed by atoms with van der Waals surface area (Å²) in [6, 6.07) is 6.54. The van der Waals surface area contributed by atoms with Crippen molar-refractivity contribution >= 4 is 23.7 Å². The molecule has 1 aliphatic heterocycles. The van der Waals surface area contributed by atoms with Gasteiger partial charge in [-0.1, -0.05) is 17.3 Å². The first kappa shape index (κ1) is 14.8. The fraction of sp³-hybridized carbons (Fsp3) is 0.200. The Morgan fingerprint density at radius 2 is 1.87 bits per heavy atom. The molecule has 0 spiro atoms. The Morgan fingerprint density at radius 1 is 1.26 bits per heavy atom. The minimum atomic E-state index is -0.710. The lowest BCUT2D eigenvalue weighted by Crippen LogP contribution is -2.33. The first-order valence-corrected chi connectivity index (χ1v) is 6.84. The Balaban J connectivity index is 1.63. The van der Waals surface area contributed by atoms with Gasteiger partial charge in [0.2, 0.25) is 5.88 Å². The van der Waals surface area contributed by atoms with Gasteiger partial charge in [0.05, 0.1) is 23.4 Å². The van der Waals surface area contributed by atoms with E-state index in [9.17, 15) is 14.4 Å². The maximum absolute atomic E-state index is 12.1. The van der Waals surface area contributed by atoms with E-state index in [1.54, 1.807) is 31.2 Å². The molecule has 2 aromatic rings. The predicted molar refractivity (Wildman–Crippen MR) is 77.7 cm³/mol. The Bertz CT molecular complexity index is 757. The number of amides is 2. The van der Waals surface area contributed by atoms with E-state index < -0.39 is 17.8 Å². The molecule has 23 heavy (non-hydrogen) atoms. The van der Waals surface area contributed by atoms with Crippen LogP contribution in [-0.2, 0) is 4.74 Å². The highest BCUT2D eigenvalue weighted by Crippen LogP contribution is 2.22. The van der Waals surface area contributed by atoms with Crippen molar-refractivity contribution in [2.24, 2.45) is 0 Å². The zero-order chi connectivity index (χ0) is 16.6. The highest BCUT2D eigenvalue weighted by Gasteiger charge is 2.35. The number of hydrogen-bond acceptors (Lipinski definition) is 7. The summed E-state index contributed by atoms with van der Waals surface area (Å²) >= 11 is 0. The van der Waals surface area contributed by atoms with Crippen LogP contribution in [0.3, 0.4) is 0 Å². The molecule has 2 amide bonds. The van der Waals surface area contributed by atoms with Gasteiger partial charge in [0.1, 0.15) is 12.2 Å². The molecule has 8 heteroatoms. The SMILES string of the molecule is Cc1noc(N)c1C(=O)OCCN1C(=O)c2ccccc2C1=O. The van der Waals surface area contributed by atoms with Crippen LogP contribution in [0.15, 0.2) is 28.8 Å². The summed E-state index contributed by atoms with van der Waals surface area (Å²) in [6.45, 7) is 1.37. The minimum absolute atomic E-state index is 0.0394. The molecule has 1 aromatic carbocycles. The fourth-order valence-electron chi connectivity index (χ4n) is 2.38. The number of aromatic nitrogens is 1. The van der Waals surface area contributed by atoms with E-state index >= 15 is 0 Å². The number of benzene rings is 1. The van der Waals surface area contributed by atoms with Gasteiger partial charge in [-0.05, 0) is 19.1 Å². The molecule has 1 aromatic heterocycles. The number of imide groups is 1. The smallest absolute Gasteiger partial charge is 0.345 e. The quantitative estimate of drug-likeness (QED) is 0.661. The van der Waals surface area contributed by atoms with Crippen LogP contribution in [0.4, 0.5) is 5.88 Å².